The summed E-state index contributed by atoms with van der Waals surface area (Å²) in [5.41, 5.74) is 2.88. The van der Waals surface area contributed by atoms with Crippen LogP contribution in [0.1, 0.15) is 19.4 Å². The van der Waals surface area contributed by atoms with E-state index in [0.29, 0.717) is 6.42 Å². The van der Waals surface area contributed by atoms with Crippen molar-refractivity contribution in [3.8, 4) is 11.1 Å². The van der Waals surface area contributed by atoms with Gasteiger partial charge in [-0.3, -0.25) is 0 Å². The number of fused-ring (bicyclic) bond motifs is 1. The summed E-state index contributed by atoms with van der Waals surface area (Å²) in [6.07, 6.45) is 0.649. The van der Waals surface area contributed by atoms with E-state index in [9.17, 15) is 5.11 Å². The van der Waals surface area contributed by atoms with Crippen LogP contribution in [-0.4, -0.2) is 10.7 Å². The highest BCUT2D eigenvalue weighted by atomic mass is 16.3. The van der Waals surface area contributed by atoms with Gasteiger partial charge in [0.05, 0.1) is 5.60 Å². The fourth-order valence-corrected chi connectivity index (χ4v) is 2.78. The second-order valence-corrected chi connectivity index (χ2v) is 6.21. The SMILES string of the molecule is CC(C)(O)Cc1ccccc1-c1ccc2ccccc2c1. The van der Waals surface area contributed by atoms with Gasteiger partial charge in [0.1, 0.15) is 0 Å². The number of hydrogen-bond donors (Lipinski definition) is 1. The van der Waals surface area contributed by atoms with E-state index in [0.717, 1.165) is 0 Å². The Bertz CT molecular complexity index is 766. The first kappa shape index (κ1) is 13.8. The number of rotatable bonds is 3. The minimum atomic E-state index is -0.701. The third-order valence-electron chi connectivity index (χ3n) is 3.70. The largest absolute Gasteiger partial charge is 0.390 e. The minimum absolute atomic E-state index is 0.649. The number of hydrogen-bond acceptors (Lipinski definition) is 1. The molecule has 0 amide bonds. The normalized spacial score (nSPS) is 11.8. The van der Waals surface area contributed by atoms with Crippen LogP contribution in [0.3, 0.4) is 0 Å². The Balaban J connectivity index is 2.10. The van der Waals surface area contributed by atoms with Crippen molar-refractivity contribution in [2.24, 2.45) is 0 Å². The standard InChI is InChI=1S/C20H20O/c1-20(2,21)14-18-9-5-6-10-19(18)17-12-11-15-7-3-4-8-16(15)13-17/h3-13,21H,14H2,1-2H3. The molecule has 1 heteroatoms. The fraction of sp³-hybridized carbons (Fsp3) is 0.200. The summed E-state index contributed by atoms with van der Waals surface area (Å²) >= 11 is 0. The van der Waals surface area contributed by atoms with Gasteiger partial charge in [0.25, 0.3) is 0 Å². The lowest BCUT2D eigenvalue weighted by Crippen LogP contribution is -2.22. The summed E-state index contributed by atoms with van der Waals surface area (Å²) < 4.78 is 0. The molecule has 0 bridgehead atoms. The molecule has 0 fully saturated rings. The zero-order chi connectivity index (χ0) is 14.9. The molecule has 0 aliphatic rings. The molecule has 21 heavy (non-hydrogen) atoms. The van der Waals surface area contributed by atoms with Gasteiger partial charge in [-0.05, 0) is 47.4 Å². The summed E-state index contributed by atoms with van der Waals surface area (Å²) in [7, 11) is 0. The first-order chi connectivity index (χ1) is 10.0. The van der Waals surface area contributed by atoms with E-state index in [4.69, 9.17) is 0 Å². The molecule has 1 nitrogen and oxygen atoms in total. The molecule has 0 aliphatic carbocycles. The van der Waals surface area contributed by atoms with Gasteiger partial charge in [0.15, 0.2) is 0 Å². The summed E-state index contributed by atoms with van der Waals surface area (Å²) in [5.74, 6) is 0. The van der Waals surface area contributed by atoms with Gasteiger partial charge in [-0.1, -0.05) is 60.7 Å². The molecular weight excluding hydrogens is 256 g/mol. The van der Waals surface area contributed by atoms with Crippen LogP contribution in [0.4, 0.5) is 0 Å². The van der Waals surface area contributed by atoms with Crippen molar-refractivity contribution >= 4 is 10.8 Å². The molecule has 0 radical (unpaired) electrons. The van der Waals surface area contributed by atoms with Gasteiger partial charge < -0.3 is 5.11 Å². The van der Waals surface area contributed by atoms with Gasteiger partial charge in [0, 0.05) is 6.42 Å². The quantitative estimate of drug-likeness (QED) is 0.727. The number of aliphatic hydroxyl groups is 1. The highest BCUT2D eigenvalue weighted by Gasteiger charge is 2.16. The molecule has 3 rings (SSSR count). The fourth-order valence-electron chi connectivity index (χ4n) is 2.78. The van der Waals surface area contributed by atoms with Crippen molar-refractivity contribution in [3.63, 3.8) is 0 Å². The lowest BCUT2D eigenvalue weighted by atomic mass is 9.91. The van der Waals surface area contributed by atoms with Crippen molar-refractivity contribution in [2.75, 3.05) is 0 Å². The van der Waals surface area contributed by atoms with Gasteiger partial charge in [0.2, 0.25) is 0 Å². The Kier molecular flexibility index (Phi) is 3.52. The van der Waals surface area contributed by atoms with Gasteiger partial charge in [-0.15, -0.1) is 0 Å². The summed E-state index contributed by atoms with van der Waals surface area (Å²) in [6, 6.07) is 23.2. The van der Waals surface area contributed by atoms with E-state index >= 15 is 0 Å². The molecule has 0 saturated carbocycles. The van der Waals surface area contributed by atoms with E-state index in [1.165, 1.54) is 27.5 Å². The lowest BCUT2D eigenvalue weighted by molar-refractivity contribution is 0.0811. The van der Waals surface area contributed by atoms with Crippen molar-refractivity contribution in [1.82, 2.24) is 0 Å². The molecule has 0 aliphatic heterocycles. The van der Waals surface area contributed by atoms with E-state index in [1.54, 1.807) is 0 Å². The van der Waals surface area contributed by atoms with Crippen molar-refractivity contribution in [2.45, 2.75) is 25.9 Å². The zero-order valence-electron chi connectivity index (χ0n) is 12.5. The molecule has 0 unspecified atom stereocenters. The van der Waals surface area contributed by atoms with Crippen molar-refractivity contribution in [1.29, 1.82) is 0 Å². The highest BCUT2D eigenvalue weighted by molar-refractivity contribution is 5.87. The molecule has 0 atom stereocenters. The Labute approximate surface area is 125 Å². The van der Waals surface area contributed by atoms with E-state index in [1.807, 2.05) is 19.9 Å². The van der Waals surface area contributed by atoms with Crippen LogP contribution in [0.15, 0.2) is 66.7 Å². The highest BCUT2D eigenvalue weighted by Crippen LogP contribution is 2.29. The van der Waals surface area contributed by atoms with E-state index < -0.39 is 5.60 Å². The maximum atomic E-state index is 10.1. The summed E-state index contributed by atoms with van der Waals surface area (Å²) in [6.45, 7) is 3.70. The lowest BCUT2D eigenvalue weighted by Gasteiger charge is -2.19. The first-order valence-corrected chi connectivity index (χ1v) is 7.32. The Morgan fingerprint density at radius 2 is 1.48 bits per heavy atom. The molecule has 3 aromatic carbocycles. The minimum Gasteiger partial charge on any atom is -0.390 e. The third-order valence-corrected chi connectivity index (χ3v) is 3.70. The second-order valence-electron chi connectivity index (χ2n) is 6.21. The molecule has 0 heterocycles. The van der Waals surface area contributed by atoms with Crippen LogP contribution in [0.5, 0.6) is 0 Å². The Morgan fingerprint density at radius 1 is 0.810 bits per heavy atom. The average Bonchev–Trinajstić information content (AvgIpc) is 2.46. The van der Waals surface area contributed by atoms with E-state index in [2.05, 4.69) is 60.7 Å². The number of benzene rings is 3. The van der Waals surface area contributed by atoms with Gasteiger partial charge >= 0.3 is 0 Å². The van der Waals surface area contributed by atoms with Crippen LogP contribution >= 0.6 is 0 Å². The second kappa shape index (κ2) is 5.34. The van der Waals surface area contributed by atoms with Gasteiger partial charge in [-0.25, -0.2) is 0 Å². The summed E-state index contributed by atoms with van der Waals surface area (Å²) in [4.78, 5) is 0. The van der Waals surface area contributed by atoms with E-state index in [-0.39, 0.29) is 0 Å². The monoisotopic (exact) mass is 276 g/mol. The average molecular weight is 276 g/mol. The first-order valence-electron chi connectivity index (χ1n) is 7.32. The molecular formula is C20H20O. The zero-order valence-corrected chi connectivity index (χ0v) is 12.5. The molecule has 106 valence electrons. The third kappa shape index (κ3) is 3.14. The smallest absolute Gasteiger partial charge is 0.0632 e. The van der Waals surface area contributed by atoms with Gasteiger partial charge in [-0.2, -0.15) is 0 Å². The Morgan fingerprint density at radius 3 is 2.24 bits per heavy atom. The predicted octanol–water partition coefficient (Wildman–Crippen LogP) is 4.82. The molecule has 3 aromatic rings. The Hall–Kier alpha value is -2.12. The molecule has 0 saturated heterocycles. The van der Waals surface area contributed by atoms with Crippen LogP contribution in [0.2, 0.25) is 0 Å². The maximum absolute atomic E-state index is 10.1. The topological polar surface area (TPSA) is 20.2 Å². The maximum Gasteiger partial charge on any atom is 0.0632 e. The predicted molar refractivity (Wildman–Crippen MR) is 89.4 cm³/mol. The van der Waals surface area contributed by atoms with Crippen molar-refractivity contribution < 1.29 is 5.11 Å². The van der Waals surface area contributed by atoms with Crippen LogP contribution in [0, 0.1) is 0 Å². The molecule has 0 aromatic heterocycles. The molecule has 1 N–H and O–H groups in total. The summed E-state index contributed by atoms with van der Waals surface area (Å²) in [5, 5.41) is 12.6. The molecule has 0 spiro atoms. The van der Waals surface area contributed by atoms with Crippen LogP contribution in [0.25, 0.3) is 21.9 Å². The van der Waals surface area contributed by atoms with Crippen molar-refractivity contribution in [3.05, 3.63) is 72.3 Å². The van der Waals surface area contributed by atoms with Crippen LogP contribution in [-0.2, 0) is 6.42 Å². The van der Waals surface area contributed by atoms with Crippen LogP contribution < -0.4 is 0 Å².